The number of nitrogens with zero attached hydrogens (tertiary/aromatic N) is 1. The second kappa shape index (κ2) is 3.31. The van der Waals surface area contributed by atoms with E-state index in [0.717, 1.165) is 0 Å². The van der Waals surface area contributed by atoms with Gasteiger partial charge in [-0.1, -0.05) is 6.92 Å². The van der Waals surface area contributed by atoms with Gasteiger partial charge >= 0.3 is 11.4 Å². The van der Waals surface area contributed by atoms with E-state index in [4.69, 9.17) is 5.73 Å². The molecule has 0 aliphatic carbocycles. The van der Waals surface area contributed by atoms with Crippen molar-refractivity contribution < 1.29 is 0 Å². The zero-order valence-corrected chi connectivity index (χ0v) is 6.63. The van der Waals surface area contributed by atoms with E-state index < -0.39 is 11.4 Å². The van der Waals surface area contributed by atoms with Crippen molar-refractivity contribution in [2.45, 2.75) is 19.4 Å². The number of aromatic amines is 2. The van der Waals surface area contributed by atoms with E-state index in [1.807, 2.05) is 11.9 Å². The molecule has 12 heavy (non-hydrogen) atoms. The summed E-state index contributed by atoms with van der Waals surface area (Å²) in [5.74, 6) is 0.228. The Bertz CT molecular complexity index is 338. The highest BCUT2D eigenvalue weighted by atomic mass is 16.2. The first-order chi connectivity index (χ1) is 5.63. The van der Waals surface area contributed by atoms with Gasteiger partial charge in [0.05, 0.1) is 6.04 Å². The predicted octanol–water partition coefficient (Wildman–Crippen LogP) is -1.13. The lowest BCUT2D eigenvalue weighted by Gasteiger charge is -2.04. The number of hydrogen-bond acceptors (Lipinski definition) is 4. The summed E-state index contributed by atoms with van der Waals surface area (Å²) in [6.07, 6.45) is 0.617. The van der Waals surface area contributed by atoms with Crippen LogP contribution < -0.4 is 17.1 Å². The van der Waals surface area contributed by atoms with E-state index in [0.29, 0.717) is 6.42 Å². The average Bonchev–Trinajstić information content (AvgIpc) is 2.01. The average molecular weight is 170 g/mol. The Kier molecular flexibility index (Phi) is 2.39. The van der Waals surface area contributed by atoms with Crippen LogP contribution >= 0.6 is 0 Å². The molecule has 0 radical (unpaired) electrons. The lowest BCUT2D eigenvalue weighted by atomic mass is 10.2. The maximum Gasteiger partial charge on any atom is 0.350 e. The summed E-state index contributed by atoms with van der Waals surface area (Å²) >= 11 is 0. The van der Waals surface area contributed by atoms with Gasteiger partial charge in [-0.25, -0.2) is 9.59 Å². The van der Waals surface area contributed by atoms with Crippen molar-refractivity contribution in [2.24, 2.45) is 5.73 Å². The summed E-state index contributed by atoms with van der Waals surface area (Å²) in [7, 11) is 0. The third-order valence-corrected chi connectivity index (χ3v) is 1.48. The zero-order valence-electron chi connectivity index (χ0n) is 6.63. The minimum Gasteiger partial charge on any atom is -0.321 e. The third kappa shape index (κ3) is 1.79. The fraction of sp³-hybridized carbons (Fsp3) is 0.500. The third-order valence-electron chi connectivity index (χ3n) is 1.48. The Morgan fingerprint density at radius 1 is 1.50 bits per heavy atom. The van der Waals surface area contributed by atoms with E-state index in [9.17, 15) is 9.59 Å². The van der Waals surface area contributed by atoms with Crippen LogP contribution in [-0.2, 0) is 0 Å². The molecule has 0 amide bonds. The molecular weight excluding hydrogens is 160 g/mol. The van der Waals surface area contributed by atoms with E-state index >= 15 is 0 Å². The molecule has 4 N–H and O–H groups in total. The number of hydrogen-bond donors (Lipinski definition) is 3. The molecule has 6 heteroatoms. The Morgan fingerprint density at radius 2 is 2.17 bits per heavy atom. The molecule has 1 rings (SSSR count). The van der Waals surface area contributed by atoms with Gasteiger partial charge in [0.15, 0.2) is 0 Å². The van der Waals surface area contributed by atoms with Crippen LogP contribution in [0.4, 0.5) is 0 Å². The second-order valence-corrected chi connectivity index (χ2v) is 2.40. The molecule has 1 atom stereocenters. The van der Waals surface area contributed by atoms with Crippen molar-refractivity contribution in [3.63, 3.8) is 0 Å². The van der Waals surface area contributed by atoms with Crippen LogP contribution in [-0.4, -0.2) is 15.0 Å². The molecule has 0 aliphatic heterocycles. The van der Waals surface area contributed by atoms with Crippen molar-refractivity contribution in [1.82, 2.24) is 15.0 Å². The highest BCUT2D eigenvalue weighted by molar-refractivity contribution is 4.89. The first-order valence-electron chi connectivity index (χ1n) is 3.59. The van der Waals surface area contributed by atoms with E-state index in [1.54, 1.807) is 0 Å². The van der Waals surface area contributed by atoms with Crippen molar-refractivity contribution in [2.75, 3.05) is 0 Å². The Balaban J connectivity index is 3.17. The second-order valence-electron chi connectivity index (χ2n) is 2.40. The quantitative estimate of drug-likeness (QED) is 0.522. The largest absolute Gasteiger partial charge is 0.350 e. The number of nitrogens with one attached hydrogen (secondary N) is 2. The van der Waals surface area contributed by atoms with Gasteiger partial charge in [-0.15, -0.1) is 0 Å². The normalized spacial score (nSPS) is 12.8. The van der Waals surface area contributed by atoms with Gasteiger partial charge in [0.25, 0.3) is 0 Å². The molecular formula is C6H10N4O2. The molecule has 6 nitrogen and oxygen atoms in total. The first kappa shape index (κ1) is 8.66. The SMILES string of the molecule is CCC(N)c1nc(=O)[nH]c(=O)[nH]1. The smallest absolute Gasteiger partial charge is 0.321 e. The number of aromatic nitrogens is 3. The van der Waals surface area contributed by atoms with Crippen LogP contribution in [0, 0.1) is 0 Å². The summed E-state index contributed by atoms with van der Waals surface area (Å²) in [5, 5.41) is 0. The maximum absolute atomic E-state index is 10.7. The predicted molar refractivity (Wildman–Crippen MR) is 42.7 cm³/mol. The Morgan fingerprint density at radius 3 is 2.67 bits per heavy atom. The molecule has 0 spiro atoms. The van der Waals surface area contributed by atoms with Crippen molar-refractivity contribution in [3.8, 4) is 0 Å². The molecule has 1 unspecified atom stereocenters. The van der Waals surface area contributed by atoms with Crippen LogP contribution in [0.2, 0.25) is 0 Å². The summed E-state index contributed by atoms with van der Waals surface area (Å²) < 4.78 is 0. The first-order valence-corrected chi connectivity index (χ1v) is 3.59. The molecule has 0 saturated carbocycles. The maximum atomic E-state index is 10.7. The summed E-state index contributed by atoms with van der Waals surface area (Å²) in [4.78, 5) is 29.2. The van der Waals surface area contributed by atoms with Crippen LogP contribution in [0.1, 0.15) is 25.2 Å². The van der Waals surface area contributed by atoms with Crippen molar-refractivity contribution in [3.05, 3.63) is 26.8 Å². The van der Waals surface area contributed by atoms with E-state index in [-0.39, 0.29) is 11.9 Å². The zero-order chi connectivity index (χ0) is 9.14. The molecule has 0 aromatic carbocycles. The lowest BCUT2D eigenvalue weighted by Crippen LogP contribution is -2.29. The topological polar surface area (TPSA) is 105 Å². The van der Waals surface area contributed by atoms with Crippen LogP contribution in [0.5, 0.6) is 0 Å². The van der Waals surface area contributed by atoms with Gasteiger partial charge in [-0.05, 0) is 6.42 Å². The minimum absolute atomic E-state index is 0.228. The molecule has 1 aromatic rings. The summed E-state index contributed by atoms with van der Waals surface area (Å²) in [6.45, 7) is 1.84. The van der Waals surface area contributed by atoms with Crippen LogP contribution in [0.15, 0.2) is 9.59 Å². The van der Waals surface area contributed by atoms with E-state index in [1.165, 1.54) is 0 Å². The van der Waals surface area contributed by atoms with Crippen molar-refractivity contribution in [1.29, 1.82) is 0 Å². The van der Waals surface area contributed by atoms with Crippen LogP contribution in [0.25, 0.3) is 0 Å². The van der Waals surface area contributed by atoms with Gasteiger partial charge < -0.3 is 5.73 Å². The Hall–Kier alpha value is -1.43. The molecule has 0 bridgehead atoms. The fourth-order valence-electron chi connectivity index (χ4n) is 0.779. The molecule has 66 valence electrons. The Labute approximate surface area is 67.8 Å². The standard InChI is InChI=1S/C6H10N4O2/c1-2-3(7)4-8-5(11)10-6(12)9-4/h3H,2,7H2,1H3,(H2,8,9,10,11,12). The number of rotatable bonds is 2. The van der Waals surface area contributed by atoms with Crippen LogP contribution in [0.3, 0.4) is 0 Å². The van der Waals surface area contributed by atoms with Gasteiger partial charge in [-0.2, -0.15) is 4.98 Å². The monoisotopic (exact) mass is 170 g/mol. The fourth-order valence-corrected chi connectivity index (χ4v) is 0.779. The summed E-state index contributed by atoms with van der Waals surface area (Å²) in [6, 6.07) is -0.389. The minimum atomic E-state index is -0.669. The molecule has 0 fully saturated rings. The molecule has 0 aliphatic rings. The number of nitrogens with two attached hydrogens (primary N) is 1. The molecule has 1 heterocycles. The summed E-state index contributed by atoms with van der Waals surface area (Å²) in [5.41, 5.74) is 4.30. The van der Waals surface area contributed by atoms with Gasteiger partial charge in [0.2, 0.25) is 0 Å². The van der Waals surface area contributed by atoms with Crippen molar-refractivity contribution >= 4 is 0 Å². The van der Waals surface area contributed by atoms with E-state index in [2.05, 4.69) is 9.97 Å². The highest BCUT2D eigenvalue weighted by Crippen LogP contribution is 2.02. The molecule has 0 saturated heterocycles. The lowest BCUT2D eigenvalue weighted by molar-refractivity contribution is 0.630. The highest BCUT2D eigenvalue weighted by Gasteiger charge is 2.06. The van der Waals surface area contributed by atoms with Gasteiger partial charge in [-0.3, -0.25) is 9.97 Å². The van der Waals surface area contributed by atoms with Gasteiger partial charge in [0, 0.05) is 0 Å². The number of H-pyrrole nitrogens is 2. The molecule has 1 aromatic heterocycles. The van der Waals surface area contributed by atoms with Gasteiger partial charge in [0.1, 0.15) is 5.82 Å².